The van der Waals surface area contributed by atoms with E-state index in [1.54, 1.807) is 4.68 Å². The van der Waals surface area contributed by atoms with Crippen LogP contribution in [-0.2, 0) is 6.54 Å². The zero-order chi connectivity index (χ0) is 13.1. The molecule has 0 radical (unpaired) electrons. The van der Waals surface area contributed by atoms with E-state index in [-0.39, 0.29) is 0 Å². The van der Waals surface area contributed by atoms with Gasteiger partial charge < -0.3 is 10.6 Å². The average Bonchev–Trinajstić information content (AvgIpc) is 2.82. The molecule has 5 heteroatoms. The number of aromatic nitrogens is 3. The highest BCUT2D eigenvalue weighted by Crippen LogP contribution is 2.17. The fraction of sp³-hybridized carbons (Fsp3) is 0.429. The summed E-state index contributed by atoms with van der Waals surface area (Å²) in [4.78, 5) is 6.61. The van der Waals surface area contributed by atoms with Crippen LogP contribution in [0.15, 0.2) is 30.3 Å². The van der Waals surface area contributed by atoms with Crippen molar-refractivity contribution in [2.24, 2.45) is 0 Å². The second kappa shape index (κ2) is 5.30. The van der Waals surface area contributed by atoms with Crippen molar-refractivity contribution in [2.45, 2.75) is 25.8 Å². The van der Waals surface area contributed by atoms with Crippen molar-refractivity contribution < 1.29 is 0 Å². The largest absolute Gasteiger partial charge is 0.368 e. The van der Waals surface area contributed by atoms with Crippen molar-refractivity contribution in [1.29, 1.82) is 0 Å². The van der Waals surface area contributed by atoms with Crippen LogP contribution in [0.25, 0.3) is 0 Å². The molecule has 5 nitrogen and oxygen atoms in total. The molecule has 0 amide bonds. The van der Waals surface area contributed by atoms with E-state index < -0.39 is 0 Å². The fourth-order valence-electron chi connectivity index (χ4n) is 2.44. The Morgan fingerprint density at radius 2 is 1.79 bits per heavy atom. The Kier molecular flexibility index (Phi) is 3.35. The summed E-state index contributed by atoms with van der Waals surface area (Å²) in [6.45, 7) is 2.75. The summed E-state index contributed by atoms with van der Waals surface area (Å²) in [5, 5.41) is 4.54. The third-order valence-corrected chi connectivity index (χ3v) is 3.50. The normalized spacial score (nSPS) is 15.7. The molecule has 0 unspecified atom stereocenters. The molecule has 2 aromatic rings. The van der Waals surface area contributed by atoms with Crippen LogP contribution in [0.1, 0.15) is 24.8 Å². The number of anilines is 2. The molecule has 19 heavy (non-hydrogen) atoms. The van der Waals surface area contributed by atoms with Crippen LogP contribution in [0.3, 0.4) is 0 Å². The molecule has 100 valence electrons. The number of piperidine rings is 1. The van der Waals surface area contributed by atoms with Crippen molar-refractivity contribution in [2.75, 3.05) is 23.7 Å². The van der Waals surface area contributed by atoms with E-state index in [9.17, 15) is 0 Å². The fourth-order valence-corrected chi connectivity index (χ4v) is 2.44. The molecule has 1 fully saturated rings. The second-order valence-corrected chi connectivity index (χ2v) is 4.96. The van der Waals surface area contributed by atoms with Crippen LogP contribution in [0.4, 0.5) is 11.9 Å². The van der Waals surface area contributed by atoms with Crippen LogP contribution in [0, 0.1) is 0 Å². The zero-order valence-electron chi connectivity index (χ0n) is 11.0. The minimum atomic E-state index is 0.490. The maximum absolute atomic E-state index is 5.96. The number of rotatable bonds is 3. The first-order valence-electron chi connectivity index (χ1n) is 6.82. The van der Waals surface area contributed by atoms with Gasteiger partial charge in [0.25, 0.3) is 0 Å². The number of nitrogen functional groups attached to an aromatic ring is 1. The number of hydrogen-bond donors (Lipinski definition) is 1. The lowest BCUT2D eigenvalue weighted by atomic mass is 10.1. The molecule has 0 bridgehead atoms. The Labute approximate surface area is 113 Å². The Hall–Kier alpha value is -2.04. The topological polar surface area (TPSA) is 60.0 Å². The van der Waals surface area contributed by atoms with Gasteiger partial charge in [-0.3, -0.25) is 0 Å². The summed E-state index contributed by atoms with van der Waals surface area (Å²) < 4.78 is 1.78. The Bertz CT molecular complexity index is 528. The Morgan fingerprint density at radius 3 is 2.53 bits per heavy atom. The molecule has 0 spiro atoms. The Balaban J connectivity index is 1.77. The maximum Gasteiger partial charge on any atom is 0.246 e. The van der Waals surface area contributed by atoms with Gasteiger partial charge in [0, 0.05) is 13.1 Å². The molecule has 1 aromatic heterocycles. The molecule has 2 heterocycles. The van der Waals surface area contributed by atoms with E-state index in [1.165, 1.54) is 24.8 Å². The molecule has 0 aliphatic carbocycles. The van der Waals surface area contributed by atoms with Gasteiger partial charge in [0.2, 0.25) is 11.9 Å². The van der Waals surface area contributed by atoms with Gasteiger partial charge in [0.1, 0.15) is 0 Å². The van der Waals surface area contributed by atoms with Gasteiger partial charge >= 0.3 is 0 Å². The third-order valence-electron chi connectivity index (χ3n) is 3.50. The van der Waals surface area contributed by atoms with Gasteiger partial charge in [-0.1, -0.05) is 30.3 Å². The zero-order valence-corrected chi connectivity index (χ0v) is 11.0. The van der Waals surface area contributed by atoms with Crippen molar-refractivity contribution >= 4 is 11.9 Å². The van der Waals surface area contributed by atoms with Crippen LogP contribution >= 0.6 is 0 Å². The minimum Gasteiger partial charge on any atom is -0.368 e. The lowest BCUT2D eigenvalue weighted by Crippen LogP contribution is -2.30. The monoisotopic (exact) mass is 257 g/mol. The van der Waals surface area contributed by atoms with Crippen molar-refractivity contribution in [3.63, 3.8) is 0 Å². The van der Waals surface area contributed by atoms with E-state index in [4.69, 9.17) is 5.73 Å². The minimum absolute atomic E-state index is 0.490. The van der Waals surface area contributed by atoms with Gasteiger partial charge in [0.15, 0.2) is 0 Å². The second-order valence-electron chi connectivity index (χ2n) is 4.96. The average molecular weight is 257 g/mol. The molecule has 3 rings (SSSR count). The van der Waals surface area contributed by atoms with E-state index in [0.29, 0.717) is 12.5 Å². The lowest BCUT2D eigenvalue weighted by molar-refractivity contribution is 0.564. The molecular weight excluding hydrogens is 238 g/mol. The first-order valence-corrected chi connectivity index (χ1v) is 6.82. The molecule has 1 aliphatic rings. The van der Waals surface area contributed by atoms with Crippen molar-refractivity contribution in [3.05, 3.63) is 35.9 Å². The molecule has 1 saturated heterocycles. The molecule has 0 atom stereocenters. The van der Waals surface area contributed by atoms with E-state index in [0.717, 1.165) is 19.0 Å². The van der Waals surface area contributed by atoms with Gasteiger partial charge in [-0.05, 0) is 24.8 Å². The van der Waals surface area contributed by atoms with Gasteiger partial charge in [-0.2, -0.15) is 4.98 Å². The molecular formula is C14H19N5. The number of nitrogens with two attached hydrogens (primary N) is 1. The summed E-state index contributed by atoms with van der Waals surface area (Å²) in [6.07, 6.45) is 3.73. The summed E-state index contributed by atoms with van der Waals surface area (Å²) in [6, 6.07) is 10.2. The standard InChI is InChI=1S/C14H19N5/c15-13-16-14(18-9-5-2-6-10-18)17-19(13)11-12-7-3-1-4-8-12/h1,3-4,7-8H,2,5-6,9-11H2,(H2,15,16,17). The smallest absolute Gasteiger partial charge is 0.246 e. The molecule has 1 aromatic carbocycles. The number of hydrogen-bond acceptors (Lipinski definition) is 4. The highest BCUT2D eigenvalue weighted by atomic mass is 15.4. The van der Waals surface area contributed by atoms with Crippen molar-refractivity contribution in [3.8, 4) is 0 Å². The molecule has 0 saturated carbocycles. The summed E-state index contributed by atoms with van der Waals surface area (Å²) in [7, 11) is 0. The van der Waals surface area contributed by atoms with Crippen molar-refractivity contribution in [1.82, 2.24) is 14.8 Å². The van der Waals surface area contributed by atoms with E-state index >= 15 is 0 Å². The summed E-state index contributed by atoms with van der Waals surface area (Å²) in [5.74, 6) is 1.26. The SMILES string of the molecule is Nc1nc(N2CCCCC2)nn1Cc1ccccc1. The number of benzene rings is 1. The van der Waals surface area contributed by atoms with Gasteiger partial charge in [0.05, 0.1) is 6.54 Å². The van der Waals surface area contributed by atoms with Gasteiger partial charge in [-0.15, -0.1) is 5.10 Å². The first kappa shape index (κ1) is 12.0. The van der Waals surface area contributed by atoms with Crippen LogP contribution in [0.2, 0.25) is 0 Å². The molecule has 2 N–H and O–H groups in total. The third kappa shape index (κ3) is 2.70. The summed E-state index contributed by atoms with van der Waals surface area (Å²) in [5.41, 5.74) is 7.14. The Morgan fingerprint density at radius 1 is 1.05 bits per heavy atom. The highest BCUT2D eigenvalue weighted by molar-refractivity contribution is 5.36. The predicted octanol–water partition coefficient (Wildman–Crippen LogP) is 1.90. The maximum atomic E-state index is 5.96. The molecule has 1 aliphatic heterocycles. The quantitative estimate of drug-likeness (QED) is 0.912. The highest BCUT2D eigenvalue weighted by Gasteiger charge is 2.16. The van der Waals surface area contributed by atoms with Crippen LogP contribution < -0.4 is 10.6 Å². The van der Waals surface area contributed by atoms with Crippen LogP contribution in [0.5, 0.6) is 0 Å². The van der Waals surface area contributed by atoms with E-state index in [2.05, 4.69) is 27.1 Å². The summed E-state index contributed by atoms with van der Waals surface area (Å²) >= 11 is 0. The predicted molar refractivity (Wildman–Crippen MR) is 76.0 cm³/mol. The first-order chi connectivity index (χ1) is 9.33. The number of nitrogens with zero attached hydrogens (tertiary/aromatic N) is 4. The van der Waals surface area contributed by atoms with Gasteiger partial charge in [-0.25, -0.2) is 4.68 Å². The lowest BCUT2D eigenvalue weighted by Gasteiger charge is -2.24. The van der Waals surface area contributed by atoms with Crippen LogP contribution in [-0.4, -0.2) is 27.9 Å². The van der Waals surface area contributed by atoms with E-state index in [1.807, 2.05) is 18.2 Å².